The zero-order valence-corrected chi connectivity index (χ0v) is 13.8. The van der Waals surface area contributed by atoms with E-state index in [9.17, 15) is 14.4 Å². The molecule has 2 aliphatic rings. The van der Waals surface area contributed by atoms with Crippen LogP contribution in [0, 0.1) is 0 Å². The Balaban J connectivity index is 1.45. The van der Waals surface area contributed by atoms with Crippen LogP contribution in [0.1, 0.15) is 30.7 Å². The summed E-state index contributed by atoms with van der Waals surface area (Å²) in [6, 6.07) is 7.37. The molecule has 1 atom stereocenters. The molecule has 1 aliphatic heterocycles. The summed E-state index contributed by atoms with van der Waals surface area (Å²) in [7, 11) is 0. The van der Waals surface area contributed by atoms with Crippen molar-refractivity contribution in [3.05, 3.63) is 29.3 Å². The second-order valence-electron chi connectivity index (χ2n) is 6.24. The summed E-state index contributed by atoms with van der Waals surface area (Å²) in [5.74, 6) is -0.707. The highest BCUT2D eigenvalue weighted by Crippen LogP contribution is 2.32. The second kappa shape index (κ2) is 5.98. The zero-order valence-electron chi connectivity index (χ0n) is 13.0. The van der Waals surface area contributed by atoms with Gasteiger partial charge in [-0.25, -0.2) is 4.98 Å². The lowest BCUT2D eigenvalue weighted by Crippen LogP contribution is -2.46. The van der Waals surface area contributed by atoms with Gasteiger partial charge in [0.1, 0.15) is 6.04 Å². The van der Waals surface area contributed by atoms with Crippen LogP contribution in [0.5, 0.6) is 0 Å². The largest absolute Gasteiger partial charge is 0.327 e. The number of imide groups is 1. The average molecular weight is 343 g/mol. The molecule has 2 aromatic rings. The number of rotatable bonds is 5. The summed E-state index contributed by atoms with van der Waals surface area (Å²) in [5, 5.41) is 3.22. The Morgan fingerprint density at radius 1 is 1.29 bits per heavy atom. The molecule has 24 heavy (non-hydrogen) atoms. The highest BCUT2D eigenvalue weighted by molar-refractivity contribution is 7.18. The Morgan fingerprint density at radius 2 is 2.08 bits per heavy atom. The van der Waals surface area contributed by atoms with Gasteiger partial charge >= 0.3 is 0 Å². The molecule has 4 rings (SSSR count). The highest BCUT2D eigenvalue weighted by Gasteiger charge is 2.44. The van der Waals surface area contributed by atoms with E-state index < -0.39 is 6.04 Å². The Kier molecular flexibility index (Phi) is 3.80. The topological polar surface area (TPSA) is 79.4 Å². The van der Waals surface area contributed by atoms with Crippen molar-refractivity contribution in [3.63, 3.8) is 0 Å². The standard InChI is InChI=1S/C17H17N3O3S/c21-14-9-12(17(23)19-14)20(10-5-6-10)16(22)8-7-15-18-11-3-1-2-4-13(11)24-15/h1-4,10,12H,5-9H2,(H,19,21,23). The number of hydrogen-bond acceptors (Lipinski definition) is 5. The minimum Gasteiger partial charge on any atom is -0.327 e. The minimum atomic E-state index is -0.632. The average Bonchev–Trinajstić information content (AvgIpc) is 3.20. The molecule has 1 aromatic carbocycles. The van der Waals surface area contributed by atoms with Crippen LogP contribution in [-0.4, -0.2) is 39.7 Å². The van der Waals surface area contributed by atoms with Crippen molar-refractivity contribution < 1.29 is 14.4 Å². The van der Waals surface area contributed by atoms with Crippen LogP contribution in [0.2, 0.25) is 0 Å². The van der Waals surface area contributed by atoms with Gasteiger partial charge in [0.25, 0.3) is 0 Å². The lowest BCUT2D eigenvalue weighted by molar-refractivity contribution is -0.139. The van der Waals surface area contributed by atoms with Gasteiger partial charge in [0.15, 0.2) is 0 Å². The molecule has 0 bridgehead atoms. The Labute approximate surface area is 142 Å². The van der Waals surface area contributed by atoms with Crippen molar-refractivity contribution in [3.8, 4) is 0 Å². The predicted molar refractivity (Wildman–Crippen MR) is 89.4 cm³/mol. The van der Waals surface area contributed by atoms with Gasteiger partial charge in [-0.2, -0.15) is 0 Å². The monoisotopic (exact) mass is 343 g/mol. The zero-order chi connectivity index (χ0) is 16.7. The number of carbonyl (C=O) groups is 3. The fraction of sp³-hybridized carbons (Fsp3) is 0.412. The predicted octanol–water partition coefficient (Wildman–Crippen LogP) is 1.64. The minimum absolute atomic E-state index is 0.0633. The number of benzene rings is 1. The molecule has 0 spiro atoms. The van der Waals surface area contributed by atoms with E-state index in [1.54, 1.807) is 16.2 Å². The van der Waals surface area contributed by atoms with Crippen LogP contribution in [0.25, 0.3) is 10.2 Å². The number of nitrogens with one attached hydrogen (secondary N) is 1. The number of nitrogens with zero attached hydrogens (tertiary/aromatic N) is 2. The highest BCUT2D eigenvalue weighted by atomic mass is 32.1. The summed E-state index contributed by atoms with van der Waals surface area (Å²) in [6.07, 6.45) is 2.77. The molecular weight excluding hydrogens is 326 g/mol. The molecule has 2 fully saturated rings. The van der Waals surface area contributed by atoms with E-state index in [-0.39, 0.29) is 30.2 Å². The van der Waals surface area contributed by atoms with Gasteiger partial charge in [0.2, 0.25) is 17.7 Å². The van der Waals surface area contributed by atoms with Gasteiger partial charge in [-0.05, 0) is 25.0 Å². The van der Waals surface area contributed by atoms with E-state index >= 15 is 0 Å². The van der Waals surface area contributed by atoms with E-state index in [2.05, 4.69) is 10.3 Å². The van der Waals surface area contributed by atoms with Gasteiger partial charge in [-0.15, -0.1) is 11.3 Å². The smallest absolute Gasteiger partial charge is 0.249 e. The maximum Gasteiger partial charge on any atom is 0.249 e. The summed E-state index contributed by atoms with van der Waals surface area (Å²) in [6.45, 7) is 0. The molecule has 0 radical (unpaired) electrons. The summed E-state index contributed by atoms with van der Waals surface area (Å²) in [4.78, 5) is 42.2. The number of aromatic nitrogens is 1. The van der Waals surface area contributed by atoms with Crippen LogP contribution >= 0.6 is 11.3 Å². The van der Waals surface area contributed by atoms with Gasteiger partial charge in [-0.1, -0.05) is 12.1 Å². The SMILES string of the molecule is O=C1CC(N(C(=O)CCc2nc3ccccc3s2)C2CC2)C(=O)N1. The number of thiazole rings is 1. The summed E-state index contributed by atoms with van der Waals surface area (Å²) >= 11 is 1.59. The van der Waals surface area contributed by atoms with Crippen LogP contribution in [0.3, 0.4) is 0 Å². The molecule has 1 aliphatic carbocycles. The van der Waals surface area contributed by atoms with E-state index in [0.29, 0.717) is 12.8 Å². The van der Waals surface area contributed by atoms with E-state index in [1.165, 1.54) is 0 Å². The molecule has 1 saturated heterocycles. The molecule has 7 heteroatoms. The Morgan fingerprint density at radius 3 is 2.75 bits per heavy atom. The normalized spacial score (nSPS) is 20.4. The number of hydrogen-bond donors (Lipinski definition) is 1. The molecule has 1 unspecified atom stereocenters. The van der Waals surface area contributed by atoms with Crippen LogP contribution in [-0.2, 0) is 20.8 Å². The molecule has 1 aromatic heterocycles. The quantitative estimate of drug-likeness (QED) is 0.837. The molecule has 1 saturated carbocycles. The molecule has 1 N–H and O–H groups in total. The Hall–Kier alpha value is -2.28. The van der Waals surface area contributed by atoms with Gasteiger partial charge < -0.3 is 4.90 Å². The molecule has 3 amide bonds. The fourth-order valence-corrected chi connectivity index (χ4v) is 4.09. The maximum atomic E-state index is 12.7. The van der Waals surface area contributed by atoms with Crippen molar-refractivity contribution in [2.45, 2.75) is 44.2 Å². The van der Waals surface area contributed by atoms with Crippen molar-refractivity contribution >= 4 is 39.3 Å². The second-order valence-corrected chi connectivity index (χ2v) is 7.36. The number of fused-ring (bicyclic) bond motifs is 1. The molecule has 124 valence electrons. The maximum absolute atomic E-state index is 12.7. The fourth-order valence-electron chi connectivity index (χ4n) is 3.12. The van der Waals surface area contributed by atoms with Crippen molar-refractivity contribution in [1.29, 1.82) is 0 Å². The van der Waals surface area contributed by atoms with Gasteiger partial charge in [0.05, 0.1) is 21.6 Å². The summed E-state index contributed by atoms with van der Waals surface area (Å²) < 4.78 is 1.11. The first-order valence-electron chi connectivity index (χ1n) is 8.11. The molecule has 6 nitrogen and oxygen atoms in total. The van der Waals surface area contributed by atoms with E-state index in [4.69, 9.17) is 0 Å². The third-order valence-corrected chi connectivity index (χ3v) is 5.50. The van der Waals surface area contributed by atoms with E-state index in [1.807, 2.05) is 24.3 Å². The van der Waals surface area contributed by atoms with E-state index in [0.717, 1.165) is 28.1 Å². The first-order valence-corrected chi connectivity index (χ1v) is 8.93. The molecular formula is C17H17N3O3S. The third-order valence-electron chi connectivity index (χ3n) is 4.40. The van der Waals surface area contributed by atoms with Gasteiger partial charge in [-0.3, -0.25) is 19.7 Å². The van der Waals surface area contributed by atoms with Crippen molar-refractivity contribution in [2.75, 3.05) is 0 Å². The third kappa shape index (κ3) is 2.91. The number of amides is 3. The summed E-state index contributed by atoms with van der Waals surface area (Å²) in [5.41, 5.74) is 0.949. The first kappa shape index (κ1) is 15.3. The van der Waals surface area contributed by atoms with Crippen LogP contribution < -0.4 is 5.32 Å². The first-order chi connectivity index (χ1) is 11.6. The van der Waals surface area contributed by atoms with Crippen LogP contribution in [0.4, 0.5) is 0 Å². The van der Waals surface area contributed by atoms with Crippen LogP contribution in [0.15, 0.2) is 24.3 Å². The lowest BCUT2D eigenvalue weighted by Gasteiger charge is -2.26. The van der Waals surface area contributed by atoms with Crippen molar-refractivity contribution in [1.82, 2.24) is 15.2 Å². The number of carbonyl (C=O) groups excluding carboxylic acids is 3. The number of para-hydroxylation sites is 1. The van der Waals surface area contributed by atoms with Crippen molar-refractivity contribution in [2.24, 2.45) is 0 Å². The Bertz CT molecular complexity index is 794. The lowest BCUT2D eigenvalue weighted by atomic mass is 10.1. The molecule has 2 heterocycles. The van der Waals surface area contributed by atoms with Gasteiger partial charge in [0, 0.05) is 18.9 Å². The number of aryl methyl sites for hydroxylation is 1.